The van der Waals surface area contributed by atoms with Gasteiger partial charge in [-0.05, 0) is 66.2 Å². The Kier molecular flexibility index (Phi) is 8.18. The van der Waals surface area contributed by atoms with Gasteiger partial charge in [0.25, 0.3) is 5.91 Å². The van der Waals surface area contributed by atoms with E-state index < -0.39 is 5.91 Å². The molecule has 1 fully saturated rings. The van der Waals surface area contributed by atoms with Crippen LogP contribution in [0.3, 0.4) is 0 Å². The van der Waals surface area contributed by atoms with Crippen LogP contribution in [-0.2, 0) is 9.53 Å². The van der Waals surface area contributed by atoms with E-state index in [1.165, 1.54) is 6.20 Å². The van der Waals surface area contributed by atoms with E-state index in [1.54, 1.807) is 0 Å². The lowest BCUT2D eigenvalue weighted by atomic mass is 10.2. The Balaban J connectivity index is 1.78. The highest BCUT2D eigenvalue weighted by Gasteiger charge is 2.11. The summed E-state index contributed by atoms with van der Waals surface area (Å²) in [5, 5.41) is 15.1. The second-order valence-corrected chi connectivity index (χ2v) is 7.09. The first-order chi connectivity index (χ1) is 12.1. The number of nitrogens with zero attached hydrogens (tertiary/aromatic N) is 2. The van der Waals surface area contributed by atoms with Crippen molar-refractivity contribution in [2.24, 2.45) is 0 Å². The van der Waals surface area contributed by atoms with Crippen molar-refractivity contribution in [3.63, 3.8) is 0 Å². The predicted molar refractivity (Wildman–Crippen MR) is 106 cm³/mol. The lowest BCUT2D eigenvalue weighted by Gasteiger charge is -2.26. The molecule has 0 saturated carbocycles. The molecule has 0 spiro atoms. The van der Waals surface area contributed by atoms with Crippen molar-refractivity contribution < 1.29 is 9.53 Å². The number of carbonyl (C=O) groups is 1. The van der Waals surface area contributed by atoms with Crippen molar-refractivity contribution in [2.45, 2.75) is 13.3 Å². The molecule has 1 heterocycles. The van der Waals surface area contributed by atoms with Crippen molar-refractivity contribution >= 4 is 34.2 Å². The number of hydrogen-bond acceptors (Lipinski definition) is 5. The summed E-state index contributed by atoms with van der Waals surface area (Å²) in [7, 11) is 0. The van der Waals surface area contributed by atoms with Crippen LogP contribution in [0.4, 0.5) is 5.69 Å². The summed E-state index contributed by atoms with van der Waals surface area (Å²) in [6, 6.07) is 7.70. The Hall–Kier alpha value is -1.63. The van der Waals surface area contributed by atoms with E-state index in [4.69, 9.17) is 4.74 Å². The summed E-state index contributed by atoms with van der Waals surface area (Å²) in [5.74, 6) is -0.396. The van der Waals surface area contributed by atoms with Crippen molar-refractivity contribution in [1.29, 1.82) is 5.26 Å². The van der Waals surface area contributed by atoms with Gasteiger partial charge in [0.1, 0.15) is 11.6 Å². The van der Waals surface area contributed by atoms with E-state index in [0.717, 1.165) is 60.6 Å². The molecule has 134 valence electrons. The first-order valence-electron chi connectivity index (χ1n) is 8.31. The van der Waals surface area contributed by atoms with Crippen LogP contribution in [0.2, 0.25) is 0 Å². The Morgan fingerprint density at radius 1 is 1.44 bits per heavy atom. The summed E-state index contributed by atoms with van der Waals surface area (Å²) in [6.45, 7) is 7.16. The average molecular weight is 454 g/mol. The van der Waals surface area contributed by atoms with Gasteiger partial charge < -0.3 is 15.4 Å². The van der Waals surface area contributed by atoms with Crippen LogP contribution in [0, 0.1) is 21.8 Å². The first-order valence-corrected chi connectivity index (χ1v) is 9.39. The van der Waals surface area contributed by atoms with Crippen LogP contribution in [0.5, 0.6) is 0 Å². The number of benzene rings is 1. The van der Waals surface area contributed by atoms with E-state index >= 15 is 0 Å². The molecule has 0 radical (unpaired) electrons. The Labute approximate surface area is 162 Å². The molecule has 0 aliphatic carbocycles. The van der Waals surface area contributed by atoms with E-state index in [2.05, 4.69) is 38.1 Å². The third kappa shape index (κ3) is 6.65. The largest absolute Gasteiger partial charge is 0.390 e. The topological polar surface area (TPSA) is 77.4 Å². The Bertz CT molecular complexity index is 664. The summed E-state index contributed by atoms with van der Waals surface area (Å²) in [5.41, 5.74) is 1.76. The molecule has 6 nitrogen and oxygen atoms in total. The number of morpholine rings is 1. The van der Waals surface area contributed by atoms with Gasteiger partial charge in [0.05, 0.1) is 13.2 Å². The smallest absolute Gasteiger partial charge is 0.267 e. The van der Waals surface area contributed by atoms with Crippen molar-refractivity contribution in [1.82, 2.24) is 10.2 Å². The molecule has 1 aliphatic heterocycles. The predicted octanol–water partition coefficient (Wildman–Crippen LogP) is 2.26. The van der Waals surface area contributed by atoms with Crippen LogP contribution in [0.25, 0.3) is 0 Å². The van der Waals surface area contributed by atoms with Crippen LogP contribution in [0.15, 0.2) is 30.0 Å². The molecule has 2 N–H and O–H groups in total. The molecule has 1 amide bonds. The molecule has 2 rings (SSSR count). The third-order valence-corrected chi connectivity index (χ3v) is 4.62. The summed E-state index contributed by atoms with van der Waals surface area (Å²) in [6.07, 6.45) is 2.45. The molecule has 25 heavy (non-hydrogen) atoms. The van der Waals surface area contributed by atoms with Crippen LogP contribution < -0.4 is 10.6 Å². The van der Waals surface area contributed by atoms with E-state index in [0.29, 0.717) is 0 Å². The number of nitrogens with one attached hydrogen (secondary N) is 2. The lowest BCUT2D eigenvalue weighted by molar-refractivity contribution is -0.112. The number of hydrogen-bond donors (Lipinski definition) is 2. The van der Waals surface area contributed by atoms with Gasteiger partial charge in [0.2, 0.25) is 0 Å². The zero-order valence-corrected chi connectivity index (χ0v) is 16.5. The van der Waals surface area contributed by atoms with E-state index in [-0.39, 0.29) is 5.57 Å². The molecular weight excluding hydrogens is 431 g/mol. The summed E-state index contributed by atoms with van der Waals surface area (Å²) < 4.78 is 6.42. The van der Waals surface area contributed by atoms with Gasteiger partial charge in [-0.3, -0.25) is 9.69 Å². The minimum atomic E-state index is -0.396. The quantitative estimate of drug-likeness (QED) is 0.286. The normalized spacial score (nSPS) is 15.5. The van der Waals surface area contributed by atoms with Crippen LogP contribution >= 0.6 is 22.6 Å². The molecular formula is C18H23IN4O2. The van der Waals surface area contributed by atoms with Crippen molar-refractivity contribution in [3.05, 3.63) is 39.1 Å². The fourth-order valence-corrected chi connectivity index (χ4v) is 3.16. The SMILES string of the molecule is Cc1cc(I)ccc1NC(=O)/C(C#N)=C\NCCCN1CCOCC1. The Morgan fingerprint density at radius 3 is 2.88 bits per heavy atom. The van der Waals surface area contributed by atoms with E-state index in [1.807, 2.05) is 31.2 Å². The minimum Gasteiger partial charge on any atom is -0.390 e. The molecule has 0 bridgehead atoms. The lowest BCUT2D eigenvalue weighted by Crippen LogP contribution is -2.37. The molecule has 0 aromatic heterocycles. The van der Waals surface area contributed by atoms with E-state index in [9.17, 15) is 10.1 Å². The van der Waals surface area contributed by atoms with Crippen molar-refractivity contribution in [2.75, 3.05) is 44.7 Å². The van der Waals surface area contributed by atoms with Crippen molar-refractivity contribution in [3.8, 4) is 6.07 Å². The molecule has 7 heteroatoms. The van der Waals surface area contributed by atoms with Gasteiger partial charge in [-0.1, -0.05) is 0 Å². The number of rotatable bonds is 7. The fraction of sp³-hybridized carbons (Fsp3) is 0.444. The fourth-order valence-electron chi connectivity index (χ4n) is 2.51. The highest BCUT2D eigenvalue weighted by Crippen LogP contribution is 2.18. The van der Waals surface area contributed by atoms with Crippen LogP contribution in [0.1, 0.15) is 12.0 Å². The van der Waals surface area contributed by atoms with Gasteiger partial charge in [0.15, 0.2) is 0 Å². The first kappa shape index (κ1) is 19.7. The average Bonchev–Trinajstić information content (AvgIpc) is 2.61. The number of carbonyl (C=O) groups excluding carboxylic acids is 1. The number of aryl methyl sites for hydroxylation is 1. The molecule has 1 saturated heterocycles. The molecule has 0 atom stereocenters. The monoisotopic (exact) mass is 454 g/mol. The summed E-state index contributed by atoms with van der Waals surface area (Å²) >= 11 is 2.22. The van der Waals surface area contributed by atoms with Gasteiger partial charge >= 0.3 is 0 Å². The molecule has 1 aliphatic rings. The molecule has 1 aromatic rings. The van der Waals surface area contributed by atoms with Gasteiger partial charge in [-0.2, -0.15) is 5.26 Å². The van der Waals surface area contributed by atoms with Gasteiger partial charge in [-0.25, -0.2) is 0 Å². The second-order valence-electron chi connectivity index (χ2n) is 5.84. The standard InChI is InChI=1S/C18H23IN4O2/c1-14-11-16(19)3-4-17(14)22-18(24)15(12-20)13-21-5-2-6-23-7-9-25-10-8-23/h3-4,11,13,21H,2,5-10H2,1H3,(H,22,24)/b15-13-. The number of amides is 1. The zero-order chi connectivity index (χ0) is 18.1. The number of nitriles is 1. The maximum Gasteiger partial charge on any atom is 0.267 e. The highest BCUT2D eigenvalue weighted by molar-refractivity contribution is 14.1. The maximum atomic E-state index is 12.2. The number of halogens is 1. The zero-order valence-electron chi connectivity index (χ0n) is 14.3. The second kappa shape index (κ2) is 10.4. The minimum absolute atomic E-state index is 0.0734. The summed E-state index contributed by atoms with van der Waals surface area (Å²) in [4.78, 5) is 14.6. The number of ether oxygens (including phenoxy) is 1. The Morgan fingerprint density at radius 2 is 2.20 bits per heavy atom. The third-order valence-electron chi connectivity index (χ3n) is 3.95. The number of anilines is 1. The van der Waals surface area contributed by atoms with Gasteiger partial charge in [-0.15, -0.1) is 0 Å². The molecule has 0 unspecified atom stereocenters. The van der Waals surface area contributed by atoms with Crippen LogP contribution in [-0.4, -0.2) is 50.2 Å². The van der Waals surface area contributed by atoms with Gasteiger partial charge in [0, 0.05) is 35.1 Å². The highest BCUT2D eigenvalue weighted by atomic mass is 127. The maximum absolute atomic E-state index is 12.2. The molecule has 1 aromatic carbocycles.